The lowest BCUT2D eigenvalue weighted by atomic mass is 10.2. The van der Waals surface area contributed by atoms with Crippen LogP contribution in [-0.4, -0.2) is 19.0 Å². The Labute approximate surface area is 146 Å². The molecule has 2 aromatic carbocycles. The fraction of sp³-hybridized carbons (Fsp3) is 0.316. The van der Waals surface area contributed by atoms with E-state index in [0.29, 0.717) is 25.2 Å². The summed E-state index contributed by atoms with van der Waals surface area (Å²) in [5.41, 5.74) is 1.17. The van der Waals surface area contributed by atoms with Crippen LogP contribution in [-0.2, 0) is 17.9 Å². The summed E-state index contributed by atoms with van der Waals surface area (Å²) in [7, 11) is 0. The van der Waals surface area contributed by atoms with Gasteiger partial charge in [0.25, 0.3) is 0 Å². The van der Waals surface area contributed by atoms with Gasteiger partial charge in [0.15, 0.2) is 11.6 Å². The van der Waals surface area contributed by atoms with E-state index in [1.165, 1.54) is 19.1 Å². The average molecular weight is 348 g/mol. The smallest absolute Gasteiger partial charge is 0.216 e. The number of hydrogen-bond donors (Lipinski definition) is 2. The quantitative estimate of drug-likeness (QED) is 0.685. The van der Waals surface area contributed by atoms with Crippen LogP contribution in [0.4, 0.5) is 8.78 Å². The van der Waals surface area contributed by atoms with Crippen LogP contribution in [0.1, 0.15) is 24.5 Å². The molecule has 1 amide bonds. The third kappa shape index (κ3) is 6.51. The van der Waals surface area contributed by atoms with Crippen LogP contribution in [0.25, 0.3) is 0 Å². The zero-order chi connectivity index (χ0) is 18.1. The summed E-state index contributed by atoms with van der Waals surface area (Å²) in [6.07, 6.45) is 0.798. The maximum atomic E-state index is 14.1. The summed E-state index contributed by atoms with van der Waals surface area (Å²) in [4.78, 5) is 10.7. The molecule has 134 valence electrons. The van der Waals surface area contributed by atoms with Crippen molar-refractivity contribution in [1.82, 2.24) is 10.6 Å². The van der Waals surface area contributed by atoms with Crippen molar-refractivity contribution in [3.63, 3.8) is 0 Å². The van der Waals surface area contributed by atoms with Crippen LogP contribution in [0.15, 0.2) is 42.5 Å². The number of amides is 1. The molecule has 0 atom stereocenters. The first-order valence-corrected chi connectivity index (χ1v) is 8.16. The van der Waals surface area contributed by atoms with Crippen LogP contribution in [0, 0.1) is 11.6 Å². The van der Waals surface area contributed by atoms with Gasteiger partial charge in [-0.3, -0.25) is 4.79 Å². The van der Waals surface area contributed by atoms with Crippen molar-refractivity contribution in [3.05, 3.63) is 65.2 Å². The van der Waals surface area contributed by atoms with E-state index in [-0.39, 0.29) is 24.1 Å². The van der Waals surface area contributed by atoms with Gasteiger partial charge in [0.1, 0.15) is 12.4 Å². The maximum Gasteiger partial charge on any atom is 0.216 e. The van der Waals surface area contributed by atoms with Gasteiger partial charge in [0.2, 0.25) is 5.91 Å². The Kier molecular flexibility index (Phi) is 7.35. The van der Waals surface area contributed by atoms with Crippen molar-refractivity contribution >= 4 is 5.91 Å². The molecule has 4 nitrogen and oxygen atoms in total. The third-order valence-corrected chi connectivity index (χ3v) is 3.57. The zero-order valence-corrected chi connectivity index (χ0v) is 14.1. The lowest BCUT2D eigenvalue weighted by molar-refractivity contribution is -0.118. The van der Waals surface area contributed by atoms with Gasteiger partial charge in [-0.2, -0.15) is 0 Å². The third-order valence-electron chi connectivity index (χ3n) is 3.57. The molecule has 0 spiro atoms. The molecular formula is C19H22F2N2O2. The highest BCUT2D eigenvalue weighted by Gasteiger charge is 2.07. The lowest BCUT2D eigenvalue weighted by Crippen LogP contribution is -2.25. The first kappa shape index (κ1) is 18.9. The highest BCUT2D eigenvalue weighted by Crippen LogP contribution is 2.20. The van der Waals surface area contributed by atoms with Crippen LogP contribution >= 0.6 is 0 Å². The van der Waals surface area contributed by atoms with Crippen LogP contribution < -0.4 is 15.4 Å². The summed E-state index contributed by atoms with van der Waals surface area (Å²) in [5.74, 6) is -0.803. The second-order valence-corrected chi connectivity index (χ2v) is 5.66. The predicted molar refractivity (Wildman–Crippen MR) is 92.1 cm³/mol. The SMILES string of the molecule is CC(=O)NCCCNCc1ccc(OCc2ccccc2F)c(F)c1. The van der Waals surface area contributed by atoms with E-state index in [9.17, 15) is 13.6 Å². The Morgan fingerprint density at radius 2 is 1.88 bits per heavy atom. The van der Waals surface area contributed by atoms with Gasteiger partial charge < -0.3 is 15.4 Å². The topological polar surface area (TPSA) is 50.4 Å². The molecule has 0 saturated heterocycles. The van der Waals surface area contributed by atoms with Crippen molar-refractivity contribution in [2.24, 2.45) is 0 Å². The van der Waals surface area contributed by atoms with Gasteiger partial charge in [-0.15, -0.1) is 0 Å². The van der Waals surface area contributed by atoms with Crippen molar-refractivity contribution < 1.29 is 18.3 Å². The van der Waals surface area contributed by atoms with Gasteiger partial charge in [0.05, 0.1) is 0 Å². The Morgan fingerprint density at radius 3 is 2.60 bits per heavy atom. The van der Waals surface area contributed by atoms with E-state index in [1.54, 1.807) is 30.3 Å². The molecule has 0 aliphatic carbocycles. The number of benzene rings is 2. The minimum absolute atomic E-state index is 0.0235. The molecule has 0 heterocycles. The highest BCUT2D eigenvalue weighted by atomic mass is 19.1. The Balaban J connectivity index is 1.78. The van der Waals surface area contributed by atoms with Gasteiger partial charge in [-0.05, 0) is 36.7 Å². The first-order chi connectivity index (χ1) is 12.1. The molecule has 0 fully saturated rings. The number of halogens is 2. The largest absolute Gasteiger partial charge is 0.486 e. The normalized spacial score (nSPS) is 10.5. The molecule has 2 aromatic rings. The van der Waals surface area contributed by atoms with Crippen molar-refractivity contribution in [1.29, 1.82) is 0 Å². The Hall–Kier alpha value is -2.47. The van der Waals surface area contributed by atoms with E-state index in [1.807, 2.05) is 0 Å². The molecule has 2 rings (SSSR count). The van der Waals surface area contributed by atoms with Crippen LogP contribution in [0.2, 0.25) is 0 Å². The number of nitrogens with one attached hydrogen (secondary N) is 2. The molecule has 2 N–H and O–H groups in total. The molecule has 0 bridgehead atoms. The Morgan fingerprint density at radius 1 is 1.08 bits per heavy atom. The molecule has 6 heteroatoms. The number of carbonyl (C=O) groups excluding carboxylic acids is 1. The molecule has 0 saturated carbocycles. The molecule has 25 heavy (non-hydrogen) atoms. The summed E-state index contributed by atoms with van der Waals surface area (Å²) < 4.78 is 33.0. The molecule has 0 aromatic heterocycles. The summed E-state index contributed by atoms with van der Waals surface area (Å²) >= 11 is 0. The lowest BCUT2D eigenvalue weighted by Gasteiger charge is -2.10. The van der Waals surface area contributed by atoms with E-state index in [0.717, 1.165) is 12.0 Å². The summed E-state index contributed by atoms with van der Waals surface area (Å²) in [6.45, 7) is 3.30. The molecule has 0 aliphatic heterocycles. The summed E-state index contributed by atoms with van der Waals surface area (Å²) in [6, 6.07) is 11.0. The standard InChI is InChI=1S/C19H22F2N2O2/c1-14(24)23-10-4-9-22-12-15-7-8-19(18(21)11-15)25-13-16-5-2-3-6-17(16)20/h2-3,5-8,11,22H,4,9-10,12-13H2,1H3,(H,23,24). The predicted octanol–water partition coefficient (Wildman–Crippen LogP) is 3.16. The number of carbonyl (C=O) groups is 1. The van der Waals surface area contributed by atoms with Gasteiger partial charge in [-0.1, -0.05) is 24.3 Å². The van der Waals surface area contributed by atoms with Gasteiger partial charge >= 0.3 is 0 Å². The van der Waals surface area contributed by atoms with E-state index < -0.39 is 5.82 Å². The Bertz CT molecular complexity index is 708. The first-order valence-electron chi connectivity index (χ1n) is 8.16. The molecule has 0 aliphatic rings. The van der Waals surface area contributed by atoms with E-state index in [4.69, 9.17) is 4.74 Å². The monoisotopic (exact) mass is 348 g/mol. The molecule has 0 radical (unpaired) electrons. The van der Waals surface area contributed by atoms with Crippen LogP contribution in [0.5, 0.6) is 5.75 Å². The molecule has 0 unspecified atom stereocenters. The number of hydrogen-bond acceptors (Lipinski definition) is 3. The minimum atomic E-state index is -0.478. The fourth-order valence-corrected chi connectivity index (χ4v) is 2.25. The maximum absolute atomic E-state index is 14.1. The highest BCUT2D eigenvalue weighted by molar-refractivity contribution is 5.72. The van der Waals surface area contributed by atoms with Crippen molar-refractivity contribution in [2.45, 2.75) is 26.5 Å². The van der Waals surface area contributed by atoms with E-state index in [2.05, 4.69) is 10.6 Å². The molecular weight excluding hydrogens is 326 g/mol. The average Bonchev–Trinajstić information content (AvgIpc) is 2.58. The van der Waals surface area contributed by atoms with Crippen LogP contribution in [0.3, 0.4) is 0 Å². The summed E-state index contributed by atoms with van der Waals surface area (Å²) in [5, 5.41) is 5.89. The van der Waals surface area contributed by atoms with Crippen molar-refractivity contribution in [2.75, 3.05) is 13.1 Å². The van der Waals surface area contributed by atoms with E-state index >= 15 is 0 Å². The zero-order valence-electron chi connectivity index (χ0n) is 14.1. The van der Waals surface area contributed by atoms with Gasteiger partial charge in [0, 0.05) is 25.6 Å². The second-order valence-electron chi connectivity index (χ2n) is 5.66. The number of rotatable bonds is 9. The fourth-order valence-electron chi connectivity index (χ4n) is 2.25. The second kappa shape index (κ2) is 9.74. The van der Waals surface area contributed by atoms with Gasteiger partial charge in [-0.25, -0.2) is 8.78 Å². The minimum Gasteiger partial charge on any atom is -0.486 e. The van der Waals surface area contributed by atoms with Crippen molar-refractivity contribution in [3.8, 4) is 5.75 Å². The number of ether oxygens (including phenoxy) is 1.